The third-order valence-electron chi connectivity index (χ3n) is 4.61. The molecule has 1 aromatic rings. The van der Waals surface area contributed by atoms with E-state index in [0.29, 0.717) is 24.6 Å². The van der Waals surface area contributed by atoms with Crippen molar-refractivity contribution >= 4 is 24.2 Å². The number of hydrogen-bond donors (Lipinski definition) is 2. The third-order valence-corrected chi connectivity index (χ3v) is 4.61. The molecule has 1 saturated heterocycles. The van der Waals surface area contributed by atoms with Crippen LogP contribution in [-0.4, -0.2) is 41.9 Å². The molecule has 1 atom stereocenters. The molecule has 0 aromatic heterocycles. The number of nitrogens with two attached hydrogens (primary N) is 1. The van der Waals surface area contributed by atoms with Crippen molar-refractivity contribution in [3.63, 3.8) is 0 Å². The number of benzene rings is 1. The van der Waals surface area contributed by atoms with Crippen molar-refractivity contribution in [2.45, 2.75) is 31.2 Å². The zero-order valence-electron chi connectivity index (χ0n) is 13.2. The van der Waals surface area contributed by atoms with E-state index in [9.17, 15) is 9.59 Å². The van der Waals surface area contributed by atoms with Crippen LogP contribution in [0.15, 0.2) is 30.3 Å². The number of halogens is 1. The van der Waals surface area contributed by atoms with E-state index in [1.165, 1.54) is 0 Å². The molecule has 1 heterocycles. The summed E-state index contributed by atoms with van der Waals surface area (Å²) in [7, 11) is 0. The van der Waals surface area contributed by atoms with E-state index in [1.807, 2.05) is 23.1 Å². The molecular formula is C17H24ClN3O2. The molecule has 2 amide bonds. The fraction of sp³-hybridized carbons (Fsp3) is 0.529. The molecule has 1 aliphatic heterocycles. The Morgan fingerprint density at radius 3 is 2.61 bits per heavy atom. The van der Waals surface area contributed by atoms with Gasteiger partial charge in [0.1, 0.15) is 0 Å². The average molecular weight is 338 g/mol. The second-order valence-corrected chi connectivity index (χ2v) is 6.49. The smallest absolute Gasteiger partial charge is 0.251 e. The van der Waals surface area contributed by atoms with E-state index in [2.05, 4.69) is 5.32 Å². The Kier molecular flexibility index (Phi) is 5.65. The SMILES string of the molecule is Cl.NC1(C(=O)N2CCCC(CNC(=O)c3ccccc3)C2)CC1. The summed E-state index contributed by atoms with van der Waals surface area (Å²) in [6.45, 7) is 2.10. The normalized spacial score (nSPS) is 22.0. The second-order valence-electron chi connectivity index (χ2n) is 6.49. The van der Waals surface area contributed by atoms with Gasteiger partial charge in [-0.25, -0.2) is 0 Å². The van der Waals surface area contributed by atoms with Crippen LogP contribution >= 0.6 is 12.4 Å². The van der Waals surface area contributed by atoms with Crippen molar-refractivity contribution in [1.82, 2.24) is 10.2 Å². The summed E-state index contributed by atoms with van der Waals surface area (Å²) < 4.78 is 0. The van der Waals surface area contributed by atoms with Crippen LogP contribution in [-0.2, 0) is 4.79 Å². The number of amides is 2. The van der Waals surface area contributed by atoms with Crippen LogP contribution in [0.5, 0.6) is 0 Å². The van der Waals surface area contributed by atoms with Crippen LogP contribution in [0.25, 0.3) is 0 Å². The maximum atomic E-state index is 12.3. The lowest BCUT2D eigenvalue weighted by atomic mass is 9.97. The Morgan fingerprint density at radius 2 is 1.96 bits per heavy atom. The number of rotatable bonds is 4. The fourth-order valence-electron chi connectivity index (χ4n) is 3.01. The Bertz CT molecular complexity index is 560. The van der Waals surface area contributed by atoms with Crippen LogP contribution in [0.4, 0.5) is 0 Å². The van der Waals surface area contributed by atoms with Gasteiger partial charge in [-0.05, 0) is 43.7 Å². The van der Waals surface area contributed by atoms with Crippen molar-refractivity contribution in [1.29, 1.82) is 0 Å². The summed E-state index contributed by atoms with van der Waals surface area (Å²) in [5.74, 6) is 0.348. The maximum Gasteiger partial charge on any atom is 0.251 e. The van der Waals surface area contributed by atoms with Crippen LogP contribution in [0.2, 0.25) is 0 Å². The second kappa shape index (κ2) is 7.32. The first-order valence-electron chi connectivity index (χ1n) is 8.00. The monoisotopic (exact) mass is 337 g/mol. The molecule has 2 aliphatic rings. The number of hydrogen-bond acceptors (Lipinski definition) is 3. The zero-order valence-corrected chi connectivity index (χ0v) is 14.0. The minimum absolute atomic E-state index is 0. The van der Waals surface area contributed by atoms with Gasteiger partial charge in [0.05, 0.1) is 5.54 Å². The van der Waals surface area contributed by atoms with E-state index in [1.54, 1.807) is 12.1 Å². The molecule has 0 spiro atoms. The van der Waals surface area contributed by atoms with Gasteiger partial charge in [0.2, 0.25) is 5.91 Å². The molecule has 1 unspecified atom stereocenters. The molecule has 23 heavy (non-hydrogen) atoms. The number of nitrogens with one attached hydrogen (secondary N) is 1. The maximum absolute atomic E-state index is 12.3. The van der Waals surface area contributed by atoms with Gasteiger partial charge in [-0.3, -0.25) is 9.59 Å². The number of carbonyl (C=O) groups is 2. The highest BCUT2D eigenvalue weighted by Crippen LogP contribution is 2.35. The van der Waals surface area contributed by atoms with E-state index in [0.717, 1.165) is 32.2 Å². The molecule has 3 rings (SSSR count). The summed E-state index contributed by atoms with van der Waals surface area (Å²) in [5, 5.41) is 2.97. The van der Waals surface area contributed by atoms with Gasteiger partial charge in [0, 0.05) is 25.2 Å². The molecule has 5 nitrogen and oxygen atoms in total. The minimum Gasteiger partial charge on any atom is -0.352 e. The predicted octanol–water partition coefficient (Wildman–Crippen LogP) is 1.57. The van der Waals surface area contributed by atoms with Gasteiger partial charge in [-0.15, -0.1) is 12.4 Å². The summed E-state index contributed by atoms with van der Waals surface area (Å²) in [4.78, 5) is 26.2. The van der Waals surface area contributed by atoms with Gasteiger partial charge in [0.25, 0.3) is 5.91 Å². The summed E-state index contributed by atoms with van der Waals surface area (Å²) in [6, 6.07) is 9.20. The molecule has 1 saturated carbocycles. The van der Waals surface area contributed by atoms with E-state index < -0.39 is 5.54 Å². The molecule has 1 aliphatic carbocycles. The molecule has 1 aromatic carbocycles. The molecular weight excluding hydrogens is 314 g/mol. The van der Waals surface area contributed by atoms with Gasteiger partial charge in [-0.2, -0.15) is 0 Å². The molecule has 0 bridgehead atoms. The predicted molar refractivity (Wildman–Crippen MR) is 91.5 cm³/mol. The zero-order chi connectivity index (χ0) is 15.6. The Hall–Kier alpha value is -1.59. The fourth-order valence-corrected chi connectivity index (χ4v) is 3.01. The van der Waals surface area contributed by atoms with Crippen LogP contribution in [0, 0.1) is 5.92 Å². The van der Waals surface area contributed by atoms with Crippen LogP contribution in [0.3, 0.4) is 0 Å². The van der Waals surface area contributed by atoms with Crippen LogP contribution < -0.4 is 11.1 Å². The first-order chi connectivity index (χ1) is 10.6. The van der Waals surface area contributed by atoms with Crippen molar-refractivity contribution in [3.8, 4) is 0 Å². The Balaban J connectivity index is 0.00000192. The van der Waals surface area contributed by atoms with Crippen molar-refractivity contribution in [2.75, 3.05) is 19.6 Å². The molecule has 0 radical (unpaired) electrons. The van der Waals surface area contributed by atoms with E-state index in [-0.39, 0.29) is 24.2 Å². The summed E-state index contributed by atoms with van der Waals surface area (Å²) >= 11 is 0. The van der Waals surface area contributed by atoms with Crippen molar-refractivity contribution < 1.29 is 9.59 Å². The Morgan fingerprint density at radius 1 is 1.26 bits per heavy atom. The highest BCUT2D eigenvalue weighted by Gasteiger charge is 2.48. The molecule has 6 heteroatoms. The number of likely N-dealkylation sites (tertiary alicyclic amines) is 1. The third kappa shape index (κ3) is 4.24. The summed E-state index contributed by atoms with van der Waals surface area (Å²) in [5.41, 5.74) is 6.09. The van der Waals surface area contributed by atoms with Gasteiger partial charge >= 0.3 is 0 Å². The number of piperidine rings is 1. The highest BCUT2D eigenvalue weighted by molar-refractivity contribution is 5.94. The largest absolute Gasteiger partial charge is 0.352 e. The molecule has 2 fully saturated rings. The first kappa shape index (κ1) is 17.8. The van der Waals surface area contributed by atoms with Crippen molar-refractivity contribution in [2.24, 2.45) is 11.7 Å². The highest BCUT2D eigenvalue weighted by atomic mass is 35.5. The molecule has 126 valence electrons. The molecule has 3 N–H and O–H groups in total. The summed E-state index contributed by atoms with van der Waals surface area (Å²) in [6.07, 6.45) is 3.62. The van der Waals surface area contributed by atoms with E-state index in [4.69, 9.17) is 5.73 Å². The lowest BCUT2D eigenvalue weighted by molar-refractivity contribution is -0.135. The number of nitrogens with zero attached hydrogens (tertiary/aromatic N) is 1. The minimum atomic E-state index is -0.588. The average Bonchev–Trinajstić information content (AvgIpc) is 3.32. The topological polar surface area (TPSA) is 75.4 Å². The standard InChI is InChI=1S/C17H23N3O2.ClH/c18-17(8-9-17)16(22)20-10-4-5-13(12-20)11-19-15(21)14-6-2-1-3-7-14;/h1-3,6-7,13H,4-5,8-12,18H2,(H,19,21);1H. The first-order valence-corrected chi connectivity index (χ1v) is 8.00. The lowest BCUT2D eigenvalue weighted by Crippen LogP contribution is -2.50. The van der Waals surface area contributed by atoms with Gasteiger partial charge in [-0.1, -0.05) is 18.2 Å². The van der Waals surface area contributed by atoms with Gasteiger partial charge in [0.15, 0.2) is 0 Å². The Labute approximate surface area is 143 Å². The van der Waals surface area contributed by atoms with Crippen LogP contribution in [0.1, 0.15) is 36.0 Å². The van der Waals surface area contributed by atoms with Crippen molar-refractivity contribution in [3.05, 3.63) is 35.9 Å². The van der Waals surface area contributed by atoms with Gasteiger partial charge < -0.3 is 16.0 Å². The number of carbonyl (C=O) groups excluding carboxylic acids is 2. The van der Waals surface area contributed by atoms with E-state index >= 15 is 0 Å². The lowest BCUT2D eigenvalue weighted by Gasteiger charge is -2.34. The quantitative estimate of drug-likeness (QED) is 0.875.